The molecule has 5 heteroatoms. The van der Waals surface area contributed by atoms with Crippen molar-refractivity contribution >= 4 is 17.7 Å². The van der Waals surface area contributed by atoms with E-state index < -0.39 is 0 Å². The van der Waals surface area contributed by atoms with E-state index in [1.54, 1.807) is 7.05 Å². The summed E-state index contributed by atoms with van der Waals surface area (Å²) < 4.78 is 0. The average molecular weight is 231 g/mol. The van der Waals surface area contributed by atoms with Crippen molar-refractivity contribution in [1.29, 1.82) is 0 Å². The maximum atomic E-state index is 11.4. The molecule has 1 aliphatic rings. The number of rotatable bonds is 5. The number of amides is 1. The minimum absolute atomic E-state index is 0.0793. The fourth-order valence-electron chi connectivity index (χ4n) is 1.73. The molecule has 1 rings (SSSR count). The van der Waals surface area contributed by atoms with Gasteiger partial charge in [-0.15, -0.1) is 0 Å². The lowest BCUT2D eigenvalue weighted by atomic mass is 9.97. The molecule has 0 aromatic rings. The van der Waals surface area contributed by atoms with Gasteiger partial charge >= 0.3 is 0 Å². The van der Waals surface area contributed by atoms with Crippen molar-refractivity contribution < 1.29 is 4.79 Å². The Hall–Kier alpha value is -0.260. The van der Waals surface area contributed by atoms with Gasteiger partial charge in [0, 0.05) is 17.8 Å². The van der Waals surface area contributed by atoms with Gasteiger partial charge in [0.2, 0.25) is 5.91 Å². The van der Waals surface area contributed by atoms with Gasteiger partial charge in [0.25, 0.3) is 0 Å². The van der Waals surface area contributed by atoms with E-state index in [4.69, 9.17) is 0 Å². The summed E-state index contributed by atoms with van der Waals surface area (Å²) in [5, 5.41) is 5.85. The Labute approximate surface area is 96.2 Å². The van der Waals surface area contributed by atoms with Gasteiger partial charge in [-0.3, -0.25) is 4.79 Å². The Morgan fingerprint density at radius 3 is 2.73 bits per heavy atom. The van der Waals surface area contributed by atoms with E-state index >= 15 is 0 Å². The van der Waals surface area contributed by atoms with Crippen LogP contribution in [0.4, 0.5) is 0 Å². The predicted molar refractivity (Wildman–Crippen MR) is 65.3 cm³/mol. The van der Waals surface area contributed by atoms with Crippen molar-refractivity contribution in [3.05, 3.63) is 0 Å². The number of likely N-dealkylation sites (N-methyl/N-ethyl adjacent to an activating group) is 2. The highest BCUT2D eigenvalue weighted by Gasteiger charge is 2.36. The van der Waals surface area contributed by atoms with Crippen molar-refractivity contribution in [2.24, 2.45) is 0 Å². The van der Waals surface area contributed by atoms with Crippen LogP contribution in [0.25, 0.3) is 0 Å². The summed E-state index contributed by atoms with van der Waals surface area (Å²) >= 11 is 1.97. The molecule has 1 aliphatic heterocycles. The molecular weight excluding hydrogens is 210 g/mol. The second kappa shape index (κ2) is 5.72. The number of hydrogen-bond acceptors (Lipinski definition) is 4. The van der Waals surface area contributed by atoms with Crippen LogP contribution in [0.15, 0.2) is 0 Å². The second-order valence-corrected chi connectivity index (χ2v) is 5.33. The molecule has 0 aromatic carbocycles. The molecule has 15 heavy (non-hydrogen) atoms. The maximum Gasteiger partial charge on any atom is 0.234 e. The van der Waals surface area contributed by atoms with Gasteiger partial charge in [0.1, 0.15) is 0 Å². The average Bonchev–Trinajstić information content (AvgIpc) is 2.65. The lowest BCUT2D eigenvalue weighted by molar-refractivity contribution is -0.120. The topological polar surface area (TPSA) is 44.4 Å². The first-order valence-corrected chi connectivity index (χ1v) is 6.43. The van der Waals surface area contributed by atoms with Crippen molar-refractivity contribution in [2.75, 3.05) is 45.7 Å². The van der Waals surface area contributed by atoms with Gasteiger partial charge in [-0.1, -0.05) is 0 Å². The summed E-state index contributed by atoms with van der Waals surface area (Å²) in [4.78, 5) is 13.6. The van der Waals surface area contributed by atoms with Crippen LogP contribution in [0.1, 0.15) is 6.42 Å². The van der Waals surface area contributed by atoms with E-state index in [0.717, 1.165) is 18.7 Å². The highest BCUT2D eigenvalue weighted by molar-refractivity contribution is 7.99. The number of nitrogens with one attached hydrogen (secondary N) is 2. The smallest absolute Gasteiger partial charge is 0.234 e. The summed E-state index contributed by atoms with van der Waals surface area (Å²) in [5.74, 6) is 2.38. The Morgan fingerprint density at radius 2 is 2.27 bits per heavy atom. The summed E-state index contributed by atoms with van der Waals surface area (Å²) in [6, 6.07) is 0. The Morgan fingerprint density at radius 1 is 1.53 bits per heavy atom. The Kier molecular flexibility index (Phi) is 4.89. The van der Waals surface area contributed by atoms with Crippen LogP contribution in [0.3, 0.4) is 0 Å². The van der Waals surface area contributed by atoms with Crippen LogP contribution in [0.5, 0.6) is 0 Å². The van der Waals surface area contributed by atoms with Crippen molar-refractivity contribution in [3.63, 3.8) is 0 Å². The maximum absolute atomic E-state index is 11.4. The number of thioether (sulfide) groups is 1. The first-order valence-electron chi connectivity index (χ1n) is 5.27. The summed E-state index contributed by atoms with van der Waals surface area (Å²) in [5.41, 5.74) is 0.161. The Bertz CT molecular complexity index is 215. The molecule has 2 N–H and O–H groups in total. The van der Waals surface area contributed by atoms with Gasteiger partial charge in [0.15, 0.2) is 0 Å². The molecule has 1 atom stereocenters. The number of hydrogen-bond donors (Lipinski definition) is 2. The molecule has 0 aromatic heterocycles. The molecule has 1 fully saturated rings. The van der Waals surface area contributed by atoms with E-state index in [-0.39, 0.29) is 11.4 Å². The molecule has 1 amide bonds. The number of carbonyl (C=O) groups excluding carboxylic acids is 1. The molecule has 0 saturated carbocycles. The van der Waals surface area contributed by atoms with Crippen LogP contribution < -0.4 is 10.6 Å². The van der Waals surface area contributed by atoms with Crippen LogP contribution in [0, 0.1) is 0 Å². The van der Waals surface area contributed by atoms with Crippen LogP contribution in [-0.4, -0.2) is 62.1 Å². The van der Waals surface area contributed by atoms with Crippen LogP contribution in [-0.2, 0) is 4.79 Å². The molecule has 0 aliphatic carbocycles. The molecule has 4 nitrogen and oxygen atoms in total. The predicted octanol–water partition coefficient (Wildman–Crippen LogP) is -0.241. The Balaban J connectivity index is 2.42. The zero-order valence-corrected chi connectivity index (χ0v) is 10.6. The summed E-state index contributed by atoms with van der Waals surface area (Å²) in [6.45, 7) is 1.16. The van der Waals surface area contributed by atoms with Crippen molar-refractivity contribution in [1.82, 2.24) is 15.5 Å². The highest BCUT2D eigenvalue weighted by atomic mass is 32.2. The third-order valence-corrected chi connectivity index (χ3v) is 4.22. The second-order valence-electron chi connectivity index (χ2n) is 4.23. The van der Waals surface area contributed by atoms with E-state index in [9.17, 15) is 4.79 Å². The van der Waals surface area contributed by atoms with E-state index in [2.05, 4.69) is 29.6 Å². The number of carbonyl (C=O) groups is 1. The summed E-state index contributed by atoms with van der Waals surface area (Å²) in [7, 11) is 5.97. The highest BCUT2D eigenvalue weighted by Crippen LogP contribution is 2.31. The van der Waals surface area contributed by atoms with Crippen LogP contribution in [0.2, 0.25) is 0 Å². The number of nitrogens with zero attached hydrogens (tertiary/aromatic N) is 1. The van der Waals surface area contributed by atoms with Gasteiger partial charge in [-0.25, -0.2) is 0 Å². The largest absolute Gasteiger partial charge is 0.353 e. The minimum atomic E-state index is 0.0793. The molecule has 88 valence electrons. The van der Waals surface area contributed by atoms with Gasteiger partial charge in [-0.05, 0) is 33.3 Å². The molecular formula is C10H21N3OS. The zero-order chi connectivity index (χ0) is 11.3. The van der Waals surface area contributed by atoms with E-state index in [1.807, 2.05) is 11.8 Å². The third-order valence-electron chi connectivity index (χ3n) is 2.98. The van der Waals surface area contributed by atoms with Crippen LogP contribution >= 0.6 is 11.8 Å². The van der Waals surface area contributed by atoms with Gasteiger partial charge < -0.3 is 15.5 Å². The molecule has 1 unspecified atom stereocenters. The van der Waals surface area contributed by atoms with Crippen molar-refractivity contribution in [3.8, 4) is 0 Å². The van der Waals surface area contributed by atoms with Crippen molar-refractivity contribution in [2.45, 2.75) is 12.0 Å². The van der Waals surface area contributed by atoms with E-state index in [0.29, 0.717) is 6.54 Å². The SMILES string of the molecule is CNCC(=O)NCC1(N(C)C)CCSC1. The van der Waals surface area contributed by atoms with Gasteiger partial charge in [-0.2, -0.15) is 11.8 Å². The normalized spacial score (nSPS) is 25.9. The fourth-order valence-corrected chi connectivity index (χ4v) is 3.29. The van der Waals surface area contributed by atoms with Gasteiger partial charge in [0.05, 0.1) is 6.54 Å². The molecule has 1 saturated heterocycles. The first kappa shape index (κ1) is 12.8. The minimum Gasteiger partial charge on any atom is -0.353 e. The van der Waals surface area contributed by atoms with E-state index in [1.165, 1.54) is 5.75 Å². The fraction of sp³-hybridized carbons (Fsp3) is 0.900. The molecule has 1 heterocycles. The quantitative estimate of drug-likeness (QED) is 0.685. The first-order chi connectivity index (χ1) is 7.10. The standard InChI is InChI=1S/C10H21N3OS/c1-11-6-9(14)12-7-10(13(2)3)4-5-15-8-10/h11H,4-8H2,1-3H3,(H,12,14). The zero-order valence-electron chi connectivity index (χ0n) is 9.80. The lowest BCUT2D eigenvalue weighted by Crippen LogP contribution is -2.53. The third kappa shape index (κ3) is 3.36. The molecule has 0 spiro atoms. The monoisotopic (exact) mass is 231 g/mol. The molecule has 0 bridgehead atoms. The lowest BCUT2D eigenvalue weighted by Gasteiger charge is -2.35. The summed E-state index contributed by atoms with van der Waals surface area (Å²) in [6.07, 6.45) is 1.16. The molecule has 0 radical (unpaired) electrons.